The lowest BCUT2D eigenvalue weighted by atomic mass is 10.0. The zero-order valence-electron chi connectivity index (χ0n) is 18.2. The molecule has 0 radical (unpaired) electrons. The van der Waals surface area contributed by atoms with Crippen LogP contribution in [0.15, 0.2) is 64.4 Å². The summed E-state index contributed by atoms with van der Waals surface area (Å²) >= 11 is 6.55. The fourth-order valence-corrected chi connectivity index (χ4v) is 4.87. The van der Waals surface area contributed by atoms with Gasteiger partial charge >= 0.3 is 5.97 Å². The maximum atomic E-state index is 15.1. The lowest BCUT2D eigenvalue weighted by molar-refractivity contribution is 0.0687. The number of aromatic carboxylic acids is 1. The van der Waals surface area contributed by atoms with E-state index in [0.717, 1.165) is 5.52 Å². The van der Waals surface area contributed by atoms with Gasteiger partial charge in [0.05, 0.1) is 45.5 Å². The average Bonchev–Trinajstić information content (AvgIpc) is 3.52. The molecule has 2 N–H and O–H groups in total. The molecule has 0 bridgehead atoms. The van der Waals surface area contributed by atoms with Crippen molar-refractivity contribution in [2.75, 3.05) is 0 Å². The maximum absolute atomic E-state index is 15.1. The van der Waals surface area contributed by atoms with Gasteiger partial charge in [0.1, 0.15) is 17.1 Å². The van der Waals surface area contributed by atoms with Crippen molar-refractivity contribution in [1.82, 2.24) is 19.1 Å². The van der Waals surface area contributed by atoms with Gasteiger partial charge in [0, 0.05) is 30.4 Å². The number of carbonyl (C=O) groups is 1. The molecule has 0 unspecified atom stereocenters. The zero-order valence-corrected chi connectivity index (χ0v) is 18.9. The number of rotatable bonds is 4. The van der Waals surface area contributed by atoms with Crippen molar-refractivity contribution in [2.24, 2.45) is 7.05 Å². The van der Waals surface area contributed by atoms with E-state index < -0.39 is 17.3 Å². The van der Waals surface area contributed by atoms with E-state index in [1.807, 2.05) is 17.7 Å². The van der Waals surface area contributed by atoms with Crippen LogP contribution in [0.2, 0.25) is 5.02 Å². The first-order valence-electron chi connectivity index (χ1n) is 10.6. The van der Waals surface area contributed by atoms with E-state index in [1.54, 1.807) is 18.5 Å². The van der Waals surface area contributed by atoms with Crippen molar-refractivity contribution in [3.05, 3.63) is 87.6 Å². The van der Waals surface area contributed by atoms with E-state index in [1.165, 1.54) is 35.2 Å². The number of benzene rings is 2. The highest BCUT2D eigenvalue weighted by atomic mass is 35.5. The molecule has 0 saturated heterocycles. The molecule has 174 valence electrons. The van der Waals surface area contributed by atoms with Crippen molar-refractivity contribution in [3.63, 3.8) is 0 Å². The molecule has 0 saturated carbocycles. The molecule has 0 amide bonds. The first-order chi connectivity index (χ1) is 16.8. The van der Waals surface area contributed by atoms with Crippen LogP contribution in [-0.2, 0) is 13.6 Å². The van der Waals surface area contributed by atoms with Crippen molar-refractivity contribution in [3.8, 4) is 11.1 Å². The highest BCUT2D eigenvalue weighted by Gasteiger charge is 2.29. The van der Waals surface area contributed by atoms with Gasteiger partial charge in [0.2, 0.25) is 0 Å². The first kappa shape index (κ1) is 21.2. The summed E-state index contributed by atoms with van der Waals surface area (Å²) in [5.41, 5.74) is 2.14. The molecule has 10 heteroatoms. The van der Waals surface area contributed by atoms with Crippen molar-refractivity contribution in [2.45, 2.75) is 6.54 Å². The minimum atomic E-state index is -1.28. The quantitative estimate of drug-likeness (QED) is 0.354. The van der Waals surface area contributed by atoms with Gasteiger partial charge in [0.15, 0.2) is 0 Å². The summed E-state index contributed by atoms with van der Waals surface area (Å²) in [5.74, 6) is -1.85. The molecule has 4 aromatic heterocycles. The van der Waals surface area contributed by atoms with Crippen LogP contribution in [0.1, 0.15) is 16.1 Å². The van der Waals surface area contributed by atoms with Crippen LogP contribution in [0.4, 0.5) is 4.39 Å². The number of hydrogen-bond acceptors (Lipinski definition) is 4. The third kappa shape index (κ3) is 3.08. The maximum Gasteiger partial charge on any atom is 0.353 e. The van der Waals surface area contributed by atoms with Crippen LogP contribution in [0.5, 0.6) is 0 Å². The fourth-order valence-electron chi connectivity index (χ4n) is 4.66. The summed E-state index contributed by atoms with van der Waals surface area (Å²) in [6.45, 7) is 0.00841. The summed E-state index contributed by atoms with van der Waals surface area (Å²) in [7, 11) is 1.84. The van der Waals surface area contributed by atoms with Gasteiger partial charge < -0.3 is 23.6 Å². The number of hydrogen-bond donors (Lipinski definition) is 2. The van der Waals surface area contributed by atoms with Crippen LogP contribution in [0, 0.1) is 5.82 Å². The minimum Gasteiger partial charge on any atom is -0.477 e. The molecule has 0 atom stereocenters. The van der Waals surface area contributed by atoms with Crippen molar-refractivity contribution < 1.29 is 18.7 Å². The second-order valence-corrected chi connectivity index (χ2v) is 8.64. The second-order valence-electron chi connectivity index (χ2n) is 8.23. The Hall–Kier alpha value is -4.37. The van der Waals surface area contributed by atoms with Gasteiger partial charge in [-0.2, -0.15) is 0 Å². The number of carboxylic acid groups (broad SMARTS) is 1. The number of imidazole rings is 1. The minimum absolute atomic E-state index is 0.00841. The monoisotopic (exact) mass is 490 g/mol. The Morgan fingerprint density at radius 1 is 1.26 bits per heavy atom. The van der Waals surface area contributed by atoms with Crippen molar-refractivity contribution in [1.29, 1.82) is 0 Å². The predicted molar refractivity (Wildman–Crippen MR) is 130 cm³/mol. The molecule has 4 heterocycles. The lowest BCUT2D eigenvalue weighted by Gasteiger charge is -2.12. The smallest absolute Gasteiger partial charge is 0.353 e. The summed E-state index contributed by atoms with van der Waals surface area (Å²) in [4.78, 5) is 32.3. The van der Waals surface area contributed by atoms with Crippen LogP contribution in [0.25, 0.3) is 44.0 Å². The summed E-state index contributed by atoms with van der Waals surface area (Å²) in [6, 6.07) is 9.37. The summed E-state index contributed by atoms with van der Waals surface area (Å²) in [6.07, 6.45) is 4.44. The molecule has 0 fully saturated rings. The number of halogens is 2. The predicted octanol–water partition coefficient (Wildman–Crippen LogP) is 5.17. The summed E-state index contributed by atoms with van der Waals surface area (Å²) in [5, 5.41) is 11.2. The van der Waals surface area contributed by atoms with Crippen molar-refractivity contribution >= 4 is 50.5 Å². The first-order valence-corrected chi connectivity index (χ1v) is 11.0. The Kier molecular flexibility index (Phi) is 4.58. The molecule has 35 heavy (non-hydrogen) atoms. The van der Waals surface area contributed by atoms with Gasteiger partial charge in [-0.3, -0.25) is 4.79 Å². The van der Waals surface area contributed by atoms with Gasteiger partial charge in [0.25, 0.3) is 5.56 Å². The Labute approximate surface area is 200 Å². The van der Waals surface area contributed by atoms with E-state index in [9.17, 15) is 14.7 Å². The van der Waals surface area contributed by atoms with Crippen LogP contribution < -0.4 is 5.56 Å². The fraction of sp³-hybridized carbons (Fsp3) is 0.0800. The standard InChI is InChI=1S/C25H16ClFN4O4/c1-30-11-29-17-8-15(26)12(7-18(17)30)10-31-19-9-16(27)13-4-6-35-23(13)21(19)20(22(31)25(33)34)14-3-2-5-28-24(14)32/h2-9,11H,10H2,1H3,(H,28,32)(H,33,34). The van der Waals surface area contributed by atoms with E-state index in [4.69, 9.17) is 16.0 Å². The van der Waals surface area contributed by atoms with Gasteiger partial charge in [-0.15, -0.1) is 0 Å². The number of furan rings is 1. The van der Waals surface area contributed by atoms with E-state index in [0.29, 0.717) is 21.5 Å². The molecule has 0 spiro atoms. The number of aromatic nitrogens is 4. The van der Waals surface area contributed by atoms with Crippen LogP contribution >= 0.6 is 11.6 Å². The topological polar surface area (TPSA) is 106 Å². The number of H-pyrrole nitrogens is 1. The number of fused-ring (bicyclic) bond motifs is 4. The molecule has 6 aromatic rings. The molecule has 0 aliphatic rings. The Morgan fingerprint density at radius 3 is 2.86 bits per heavy atom. The number of nitrogens with zero attached hydrogens (tertiary/aromatic N) is 3. The van der Waals surface area contributed by atoms with Crippen LogP contribution in [-0.4, -0.2) is 30.2 Å². The molecule has 0 aliphatic heterocycles. The Morgan fingerprint density at radius 2 is 2.09 bits per heavy atom. The normalized spacial score (nSPS) is 11.7. The number of carboxylic acids is 1. The molecule has 0 aliphatic carbocycles. The SMILES string of the molecule is Cn1cnc2cc(Cl)c(Cn3c(C(=O)O)c(-c4ccc[nH]c4=O)c4c5occc5c(F)cc43)cc21. The second kappa shape index (κ2) is 7.57. The lowest BCUT2D eigenvalue weighted by Crippen LogP contribution is -2.13. The van der Waals surface area contributed by atoms with Gasteiger partial charge in [-0.1, -0.05) is 11.6 Å². The Balaban J connectivity index is 1.74. The van der Waals surface area contributed by atoms with E-state index >= 15 is 4.39 Å². The van der Waals surface area contributed by atoms with E-state index in [-0.39, 0.29) is 39.9 Å². The molecular weight excluding hydrogens is 475 g/mol. The number of aryl methyl sites for hydroxylation is 1. The van der Waals surface area contributed by atoms with E-state index in [2.05, 4.69) is 9.97 Å². The van der Waals surface area contributed by atoms with Gasteiger partial charge in [-0.05, 0) is 42.0 Å². The zero-order chi connectivity index (χ0) is 24.4. The summed E-state index contributed by atoms with van der Waals surface area (Å²) < 4.78 is 23.9. The average molecular weight is 491 g/mol. The largest absolute Gasteiger partial charge is 0.477 e. The Bertz CT molecular complexity index is 1880. The third-order valence-electron chi connectivity index (χ3n) is 6.23. The van der Waals surface area contributed by atoms with Gasteiger partial charge in [-0.25, -0.2) is 14.2 Å². The molecule has 6 rings (SSSR count). The number of pyridine rings is 1. The highest BCUT2D eigenvalue weighted by molar-refractivity contribution is 6.32. The number of nitrogens with one attached hydrogen (secondary N) is 1. The highest BCUT2D eigenvalue weighted by Crippen LogP contribution is 2.40. The van der Waals surface area contributed by atoms with Crippen LogP contribution in [0.3, 0.4) is 0 Å². The number of aromatic amines is 1. The third-order valence-corrected chi connectivity index (χ3v) is 6.58. The molecular formula is C25H16ClFN4O4. The molecule has 8 nitrogen and oxygen atoms in total. The molecule has 2 aromatic carbocycles.